The maximum atomic E-state index is 12.5. The number of terminal acetylenes is 1. The van der Waals surface area contributed by atoms with Gasteiger partial charge in [0, 0.05) is 16.1 Å². The van der Waals surface area contributed by atoms with E-state index in [1.54, 1.807) is 32.0 Å². The molecule has 26 heavy (non-hydrogen) atoms. The van der Waals surface area contributed by atoms with Gasteiger partial charge in [0.15, 0.2) is 12.7 Å². The number of hydrogen-bond acceptors (Lipinski definition) is 4. The highest BCUT2D eigenvalue weighted by molar-refractivity contribution is 6.34. The number of carbonyl (C=O) groups excluding carboxylic acids is 2. The maximum Gasteiger partial charge on any atom is 0.331 e. The molecule has 1 rings (SSSR count). The van der Waals surface area contributed by atoms with Crippen LogP contribution >= 0.6 is 23.2 Å². The van der Waals surface area contributed by atoms with Crippen LogP contribution in [0.2, 0.25) is 10.0 Å². The number of carbonyl (C=O) groups is 2. The molecule has 1 atom stereocenters. The average Bonchev–Trinajstić information content (AvgIpc) is 2.54. The molecular weight excluding hydrogens is 377 g/mol. The summed E-state index contributed by atoms with van der Waals surface area (Å²) >= 11 is 11.9. The zero-order valence-corrected chi connectivity index (χ0v) is 16.4. The minimum atomic E-state index is -0.797. The van der Waals surface area contributed by atoms with E-state index in [9.17, 15) is 9.59 Å². The van der Waals surface area contributed by atoms with Gasteiger partial charge in [0.1, 0.15) is 5.75 Å². The molecule has 1 amide bonds. The van der Waals surface area contributed by atoms with Crippen LogP contribution in [0.3, 0.4) is 0 Å². The molecule has 0 aromatic heterocycles. The Morgan fingerprint density at radius 3 is 2.46 bits per heavy atom. The minimum Gasteiger partial charge on any atom is -0.481 e. The van der Waals surface area contributed by atoms with Gasteiger partial charge in [-0.3, -0.25) is 4.79 Å². The van der Waals surface area contributed by atoms with Crippen molar-refractivity contribution in [3.63, 3.8) is 0 Å². The van der Waals surface area contributed by atoms with Crippen LogP contribution in [0.4, 0.5) is 0 Å². The lowest BCUT2D eigenvalue weighted by Gasteiger charge is -2.26. The van der Waals surface area contributed by atoms with E-state index in [0.29, 0.717) is 22.2 Å². The van der Waals surface area contributed by atoms with Gasteiger partial charge in [0.05, 0.1) is 5.54 Å². The number of hydrogen-bond donors (Lipinski definition) is 1. The molecule has 5 nitrogen and oxygen atoms in total. The lowest BCUT2D eigenvalue weighted by atomic mass is 10.0. The largest absolute Gasteiger partial charge is 0.481 e. The Hall–Kier alpha value is -2.16. The highest BCUT2D eigenvalue weighted by Gasteiger charge is 2.25. The molecule has 0 aliphatic rings. The van der Waals surface area contributed by atoms with Crippen LogP contribution in [0, 0.1) is 12.3 Å². The van der Waals surface area contributed by atoms with Crippen molar-refractivity contribution < 1.29 is 19.1 Å². The molecule has 0 spiro atoms. The molecule has 0 fully saturated rings. The van der Waals surface area contributed by atoms with Gasteiger partial charge in [0.2, 0.25) is 0 Å². The second-order valence-electron chi connectivity index (χ2n) is 5.98. The molecule has 1 aromatic rings. The predicted molar refractivity (Wildman–Crippen MR) is 102 cm³/mol. The molecule has 1 N–H and O–H groups in total. The molecule has 1 aromatic carbocycles. The predicted octanol–water partition coefficient (Wildman–Crippen LogP) is 3.78. The summed E-state index contributed by atoms with van der Waals surface area (Å²) in [5, 5.41) is 3.63. The Morgan fingerprint density at radius 2 is 1.92 bits per heavy atom. The van der Waals surface area contributed by atoms with Gasteiger partial charge in [-0.15, -0.1) is 6.42 Å². The van der Waals surface area contributed by atoms with Gasteiger partial charge in [-0.05, 0) is 38.5 Å². The molecule has 7 heteroatoms. The first-order valence-electron chi connectivity index (χ1n) is 7.91. The number of nitrogens with one attached hydrogen (secondary N) is 1. The fraction of sp³-hybridized carbons (Fsp3) is 0.368. The van der Waals surface area contributed by atoms with Gasteiger partial charge in [-0.1, -0.05) is 42.1 Å². The van der Waals surface area contributed by atoms with Crippen LogP contribution in [0.5, 0.6) is 5.75 Å². The van der Waals surface area contributed by atoms with Crippen molar-refractivity contribution in [2.24, 2.45) is 0 Å². The fourth-order valence-corrected chi connectivity index (χ4v) is 2.47. The van der Waals surface area contributed by atoms with Crippen molar-refractivity contribution in [1.29, 1.82) is 0 Å². The number of rotatable bonds is 8. The Morgan fingerprint density at radius 1 is 1.31 bits per heavy atom. The number of amides is 1. The van der Waals surface area contributed by atoms with E-state index in [-0.39, 0.29) is 12.5 Å². The Bertz CT molecular complexity index is 702. The lowest BCUT2D eigenvalue weighted by molar-refractivity contribution is -0.136. The highest BCUT2D eigenvalue weighted by Crippen LogP contribution is 2.25. The molecule has 0 unspecified atom stereocenters. The summed E-state index contributed by atoms with van der Waals surface area (Å²) in [6.45, 7) is 5.18. The molecule has 0 bridgehead atoms. The summed E-state index contributed by atoms with van der Waals surface area (Å²) in [6, 6.07) is 4.73. The third kappa shape index (κ3) is 7.81. The molecule has 0 saturated carbocycles. The van der Waals surface area contributed by atoms with Crippen LogP contribution in [0.25, 0.3) is 0 Å². The van der Waals surface area contributed by atoms with Crippen LogP contribution in [-0.4, -0.2) is 30.1 Å². The summed E-state index contributed by atoms with van der Waals surface area (Å²) in [4.78, 5) is 24.0. The van der Waals surface area contributed by atoms with Crippen molar-refractivity contribution in [2.75, 3.05) is 6.61 Å². The Labute approximate surface area is 163 Å². The van der Waals surface area contributed by atoms with Crippen molar-refractivity contribution >= 4 is 35.1 Å². The highest BCUT2D eigenvalue weighted by atomic mass is 35.5. The molecule has 140 valence electrons. The zero-order chi connectivity index (χ0) is 19.7. The van der Waals surface area contributed by atoms with Gasteiger partial charge >= 0.3 is 5.97 Å². The lowest BCUT2D eigenvalue weighted by Crippen LogP contribution is -2.48. The van der Waals surface area contributed by atoms with E-state index in [1.165, 1.54) is 12.2 Å². The van der Waals surface area contributed by atoms with Crippen molar-refractivity contribution in [2.45, 2.75) is 38.8 Å². The fourth-order valence-electron chi connectivity index (χ4n) is 1.96. The van der Waals surface area contributed by atoms with E-state index < -0.39 is 17.6 Å². The van der Waals surface area contributed by atoms with E-state index in [2.05, 4.69) is 11.2 Å². The average molecular weight is 398 g/mol. The number of halogens is 2. The summed E-state index contributed by atoms with van der Waals surface area (Å²) in [7, 11) is 0. The standard InChI is InChI=1S/C19H21Cl2NO4/c1-5-9-25-17(23)7-8-19(3,4)22-18(24)16(6-2)26-15-11-13(20)10-14(21)12-15/h1,7-8,10-12,16H,6,9H2,2-4H3,(H,22,24)/b8-7+/t16-/m0/s1. The SMILES string of the molecule is C#CCOC(=O)/C=C/C(C)(C)NC(=O)[C@H](CC)Oc1cc(Cl)cc(Cl)c1. The third-order valence-electron chi connectivity index (χ3n) is 3.16. The number of benzene rings is 1. The second-order valence-corrected chi connectivity index (χ2v) is 6.85. The summed E-state index contributed by atoms with van der Waals surface area (Å²) in [5.74, 6) is 1.68. The van der Waals surface area contributed by atoms with Crippen molar-refractivity contribution in [3.8, 4) is 18.1 Å². The first-order chi connectivity index (χ1) is 12.2. The smallest absolute Gasteiger partial charge is 0.331 e. The zero-order valence-electron chi connectivity index (χ0n) is 14.8. The van der Waals surface area contributed by atoms with Crippen LogP contribution in [0.15, 0.2) is 30.4 Å². The van der Waals surface area contributed by atoms with Gasteiger partial charge in [-0.25, -0.2) is 4.79 Å². The quantitative estimate of drug-likeness (QED) is 0.411. The summed E-state index contributed by atoms with van der Waals surface area (Å²) in [5.41, 5.74) is -0.797. The summed E-state index contributed by atoms with van der Waals surface area (Å²) < 4.78 is 10.4. The first-order valence-corrected chi connectivity index (χ1v) is 8.66. The molecule has 0 aliphatic carbocycles. The Kier molecular flexibility index (Phi) is 8.50. The van der Waals surface area contributed by atoms with Crippen molar-refractivity contribution in [1.82, 2.24) is 5.32 Å². The monoisotopic (exact) mass is 397 g/mol. The van der Waals surface area contributed by atoms with E-state index in [4.69, 9.17) is 39.1 Å². The first kappa shape index (κ1) is 21.9. The second kappa shape index (κ2) is 10.1. The molecular formula is C19H21Cl2NO4. The Balaban J connectivity index is 2.74. The van der Waals surface area contributed by atoms with E-state index >= 15 is 0 Å². The summed E-state index contributed by atoms with van der Waals surface area (Å²) in [6.07, 6.45) is 7.44. The molecule has 0 heterocycles. The molecule has 0 saturated heterocycles. The van der Waals surface area contributed by atoms with Gasteiger partial charge in [-0.2, -0.15) is 0 Å². The van der Waals surface area contributed by atoms with Gasteiger partial charge < -0.3 is 14.8 Å². The number of ether oxygens (including phenoxy) is 2. The van der Waals surface area contributed by atoms with Crippen LogP contribution in [-0.2, 0) is 14.3 Å². The van der Waals surface area contributed by atoms with Crippen LogP contribution < -0.4 is 10.1 Å². The van der Waals surface area contributed by atoms with Gasteiger partial charge in [0.25, 0.3) is 5.91 Å². The minimum absolute atomic E-state index is 0.107. The molecule has 0 aliphatic heterocycles. The third-order valence-corrected chi connectivity index (χ3v) is 3.59. The van der Waals surface area contributed by atoms with Crippen LogP contribution in [0.1, 0.15) is 27.2 Å². The number of esters is 1. The van der Waals surface area contributed by atoms with E-state index in [0.717, 1.165) is 0 Å². The van der Waals surface area contributed by atoms with E-state index in [1.807, 2.05) is 6.92 Å². The molecule has 0 radical (unpaired) electrons. The maximum absolute atomic E-state index is 12.5. The normalized spacial score (nSPS) is 12.3. The van der Waals surface area contributed by atoms with Crippen molar-refractivity contribution in [3.05, 3.63) is 40.4 Å². The topological polar surface area (TPSA) is 64.6 Å².